The highest BCUT2D eigenvalue weighted by Gasteiger charge is 2.09. The number of carbonyl (C=O) groups excluding carboxylic acids is 1. The number of benzene rings is 2. The number of rotatable bonds is 2. The van der Waals surface area contributed by atoms with Crippen LogP contribution in [-0.4, -0.2) is 11.3 Å². The number of hydrogen-bond donors (Lipinski definition) is 0. The molecule has 1 aromatic heterocycles. The minimum absolute atomic E-state index is 0.360. The van der Waals surface area contributed by atoms with Crippen LogP contribution in [0.2, 0.25) is 0 Å². The molecular weight excluding hydrogens is 241 g/mol. The molecule has 0 spiro atoms. The maximum Gasteiger partial charge on any atom is 0.150 e. The lowest BCUT2D eigenvalue weighted by Gasteiger charge is -2.08. The summed E-state index contributed by atoms with van der Waals surface area (Å²) in [5, 5.41) is 0.902. The molecule has 19 heavy (non-hydrogen) atoms. The molecule has 0 fully saturated rings. The molecule has 3 aromatic rings. The summed E-state index contributed by atoms with van der Waals surface area (Å²) < 4.78 is 13.4. The maximum atomic E-state index is 13.4. The minimum atomic E-state index is -0.360. The van der Waals surface area contributed by atoms with E-state index in [0.717, 1.165) is 22.8 Å². The van der Waals surface area contributed by atoms with Crippen LogP contribution in [-0.2, 0) is 0 Å². The van der Waals surface area contributed by atoms with E-state index in [9.17, 15) is 9.18 Å². The monoisotopic (exact) mass is 251 g/mol. The lowest BCUT2D eigenvalue weighted by atomic mass is 9.96. The standard InChI is InChI=1S/C16H10FNO/c17-12-7-6-11(10-19)15(9-12)13-3-1-5-16-14(13)4-2-8-18-16/h1-10H. The number of nitrogens with zero attached hydrogens (tertiary/aromatic N) is 1. The second-order valence-corrected chi connectivity index (χ2v) is 4.23. The van der Waals surface area contributed by atoms with Gasteiger partial charge in [-0.15, -0.1) is 0 Å². The second-order valence-electron chi connectivity index (χ2n) is 4.23. The summed E-state index contributed by atoms with van der Waals surface area (Å²) in [5.74, 6) is -0.360. The van der Waals surface area contributed by atoms with E-state index in [0.29, 0.717) is 11.1 Å². The van der Waals surface area contributed by atoms with Gasteiger partial charge in [-0.25, -0.2) is 4.39 Å². The summed E-state index contributed by atoms with van der Waals surface area (Å²) in [5.41, 5.74) is 2.69. The van der Waals surface area contributed by atoms with Crippen LogP contribution < -0.4 is 0 Å². The largest absolute Gasteiger partial charge is 0.298 e. The number of hydrogen-bond acceptors (Lipinski definition) is 2. The average molecular weight is 251 g/mol. The molecule has 0 amide bonds. The summed E-state index contributed by atoms with van der Waals surface area (Å²) >= 11 is 0. The molecule has 92 valence electrons. The number of pyridine rings is 1. The van der Waals surface area contributed by atoms with Crippen LogP contribution in [0.5, 0.6) is 0 Å². The molecule has 1 heterocycles. The number of halogens is 1. The van der Waals surface area contributed by atoms with Crippen molar-refractivity contribution in [3.8, 4) is 11.1 Å². The van der Waals surface area contributed by atoms with Crippen LogP contribution in [0.1, 0.15) is 10.4 Å². The fourth-order valence-corrected chi connectivity index (χ4v) is 2.20. The van der Waals surface area contributed by atoms with Crippen molar-refractivity contribution in [1.29, 1.82) is 0 Å². The predicted molar refractivity (Wildman–Crippen MR) is 72.5 cm³/mol. The first-order chi connectivity index (χ1) is 9.29. The van der Waals surface area contributed by atoms with Crippen LogP contribution >= 0.6 is 0 Å². The molecule has 0 unspecified atom stereocenters. The lowest BCUT2D eigenvalue weighted by molar-refractivity contribution is 0.112. The van der Waals surface area contributed by atoms with Gasteiger partial charge in [0.1, 0.15) is 5.82 Å². The Hall–Kier alpha value is -2.55. The Morgan fingerprint density at radius 2 is 1.89 bits per heavy atom. The van der Waals surface area contributed by atoms with Crippen molar-refractivity contribution < 1.29 is 9.18 Å². The average Bonchev–Trinajstić information content (AvgIpc) is 2.46. The molecule has 3 rings (SSSR count). The quantitative estimate of drug-likeness (QED) is 0.647. The van der Waals surface area contributed by atoms with Crippen LogP contribution in [0.4, 0.5) is 4.39 Å². The van der Waals surface area contributed by atoms with Gasteiger partial charge in [0.25, 0.3) is 0 Å². The molecule has 0 aliphatic carbocycles. The van der Waals surface area contributed by atoms with Crippen molar-refractivity contribution in [2.45, 2.75) is 0 Å². The zero-order chi connectivity index (χ0) is 13.2. The van der Waals surface area contributed by atoms with Gasteiger partial charge in [-0.3, -0.25) is 9.78 Å². The van der Waals surface area contributed by atoms with E-state index in [1.807, 2.05) is 30.3 Å². The first-order valence-corrected chi connectivity index (χ1v) is 5.88. The first kappa shape index (κ1) is 11.5. The third-order valence-electron chi connectivity index (χ3n) is 3.08. The highest BCUT2D eigenvalue weighted by atomic mass is 19.1. The van der Waals surface area contributed by atoms with E-state index < -0.39 is 0 Å². The molecule has 0 saturated heterocycles. The highest BCUT2D eigenvalue weighted by molar-refractivity contribution is 5.99. The maximum absolute atomic E-state index is 13.4. The van der Waals surface area contributed by atoms with Crippen molar-refractivity contribution in [3.63, 3.8) is 0 Å². The zero-order valence-corrected chi connectivity index (χ0v) is 10.0. The number of carbonyl (C=O) groups is 1. The van der Waals surface area contributed by atoms with E-state index in [1.165, 1.54) is 18.2 Å². The number of fused-ring (bicyclic) bond motifs is 1. The lowest BCUT2D eigenvalue weighted by Crippen LogP contribution is -1.91. The topological polar surface area (TPSA) is 30.0 Å². The molecule has 2 aromatic carbocycles. The Morgan fingerprint density at radius 1 is 1.00 bits per heavy atom. The van der Waals surface area contributed by atoms with Crippen LogP contribution in [0.25, 0.3) is 22.0 Å². The Kier molecular flexibility index (Phi) is 2.80. The van der Waals surface area contributed by atoms with E-state index in [1.54, 1.807) is 6.20 Å². The molecular formula is C16H10FNO. The summed E-state index contributed by atoms with van der Waals surface area (Å²) in [7, 11) is 0. The molecule has 2 nitrogen and oxygen atoms in total. The van der Waals surface area contributed by atoms with Crippen molar-refractivity contribution in [1.82, 2.24) is 4.98 Å². The number of aldehydes is 1. The van der Waals surface area contributed by atoms with Gasteiger partial charge in [0.2, 0.25) is 0 Å². The van der Waals surface area contributed by atoms with E-state index >= 15 is 0 Å². The molecule has 0 aliphatic rings. The van der Waals surface area contributed by atoms with Gasteiger partial charge in [0, 0.05) is 17.1 Å². The third kappa shape index (κ3) is 1.99. The highest BCUT2D eigenvalue weighted by Crippen LogP contribution is 2.30. The van der Waals surface area contributed by atoms with Gasteiger partial charge in [0.15, 0.2) is 6.29 Å². The van der Waals surface area contributed by atoms with Gasteiger partial charge in [-0.05, 0) is 41.5 Å². The molecule has 0 saturated carbocycles. The SMILES string of the molecule is O=Cc1ccc(F)cc1-c1cccc2ncccc12. The van der Waals surface area contributed by atoms with Crippen LogP contribution in [0.3, 0.4) is 0 Å². The van der Waals surface area contributed by atoms with Gasteiger partial charge in [-0.1, -0.05) is 18.2 Å². The summed E-state index contributed by atoms with van der Waals surface area (Å²) in [6.45, 7) is 0. The van der Waals surface area contributed by atoms with Crippen LogP contribution in [0.15, 0.2) is 54.7 Å². The van der Waals surface area contributed by atoms with E-state index in [2.05, 4.69) is 4.98 Å². The predicted octanol–water partition coefficient (Wildman–Crippen LogP) is 3.85. The second kappa shape index (κ2) is 4.61. The van der Waals surface area contributed by atoms with Crippen LogP contribution in [0, 0.1) is 5.82 Å². The van der Waals surface area contributed by atoms with E-state index in [-0.39, 0.29) is 5.82 Å². The minimum Gasteiger partial charge on any atom is -0.298 e. The van der Waals surface area contributed by atoms with Crippen molar-refractivity contribution in [2.24, 2.45) is 0 Å². The smallest absolute Gasteiger partial charge is 0.150 e. The third-order valence-corrected chi connectivity index (χ3v) is 3.08. The Balaban J connectivity index is 2.36. The van der Waals surface area contributed by atoms with Crippen molar-refractivity contribution >= 4 is 17.2 Å². The summed E-state index contributed by atoms with van der Waals surface area (Å²) in [6, 6.07) is 13.5. The van der Waals surface area contributed by atoms with Gasteiger partial charge < -0.3 is 0 Å². The molecule has 3 heteroatoms. The normalized spacial score (nSPS) is 10.6. The first-order valence-electron chi connectivity index (χ1n) is 5.88. The van der Waals surface area contributed by atoms with Crippen molar-refractivity contribution in [2.75, 3.05) is 0 Å². The fraction of sp³-hybridized carbons (Fsp3) is 0. The molecule has 0 atom stereocenters. The molecule has 0 N–H and O–H groups in total. The Labute approximate surface area is 109 Å². The van der Waals surface area contributed by atoms with Gasteiger partial charge in [0.05, 0.1) is 5.52 Å². The van der Waals surface area contributed by atoms with Gasteiger partial charge in [-0.2, -0.15) is 0 Å². The summed E-state index contributed by atoms with van der Waals surface area (Å²) in [4.78, 5) is 15.4. The summed E-state index contributed by atoms with van der Waals surface area (Å²) in [6.07, 6.45) is 2.45. The molecule has 0 aliphatic heterocycles. The van der Waals surface area contributed by atoms with Gasteiger partial charge >= 0.3 is 0 Å². The Morgan fingerprint density at radius 3 is 2.74 bits per heavy atom. The zero-order valence-electron chi connectivity index (χ0n) is 10.0. The van der Waals surface area contributed by atoms with Crippen molar-refractivity contribution in [3.05, 3.63) is 66.1 Å². The molecule has 0 radical (unpaired) electrons. The molecule has 0 bridgehead atoms. The van der Waals surface area contributed by atoms with E-state index in [4.69, 9.17) is 0 Å². The Bertz CT molecular complexity index is 762. The fourth-order valence-electron chi connectivity index (χ4n) is 2.20. The number of aromatic nitrogens is 1.